The molecule has 16 heavy (non-hydrogen) atoms. The second kappa shape index (κ2) is 4.70. The van der Waals surface area contributed by atoms with Gasteiger partial charge in [0.1, 0.15) is 5.82 Å². The van der Waals surface area contributed by atoms with Crippen molar-refractivity contribution in [1.29, 1.82) is 0 Å². The number of aliphatic hydroxyl groups is 1. The van der Waals surface area contributed by atoms with Gasteiger partial charge in [0.2, 0.25) is 0 Å². The quantitative estimate of drug-likeness (QED) is 0.852. The molecule has 0 bridgehead atoms. The zero-order valence-corrected chi connectivity index (χ0v) is 9.73. The smallest absolute Gasteiger partial charge is 0.146 e. The lowest BCUT2D eigenvalue weighted by atomic mass is 9.80. The van der Waals surface area contributed by atoms with Gasteiger partial charge in [-0.25, -0.2) is 4.39 Å². The molecule has 0 spiro atoms. The highest BCUT2D eigenvalue weighted by Gasteiger charge is 2.33. The summed E-state index contributed by atoms with van der Waals surface area (Å²) in [5, 5.41) is 13.0. The molecule has 0 atom stereocenters. The maximum atomic E-state index is 13.5. The standard InChI is InChI=1S/C12H15ClFNO/c13-10-4-1-3-9(11(10)14)7-15-8-12(16)5-2-6-12/h1,3-4,15-16H,2,5-8H2. The molecule has 1 aliphatic carbocycles. The van der Waals surface area contributed by atoms with Gasteiger partial charge in [-0.15, -0.1) is 0 Å². The van der Waals surface area contributed by atoms with Gasteiger partial charge in [-0.2, -0.15) is 0 Å². The zero-order chi connectivity index (χ0) is 11.6. The van der Waals surface area contributed by atoms with E-state index in [-0.39, 0.29) is 10.8 Å². The van der Waals surface area contributed by atoms with Crippen LogP contribution in [0.3, 0.4) is 0 Å². The van der Waals surface area contributed by atoms with Gasteiger partial charge >= 0.3 is 0 Å². The maximum absolute atomic E-state index is 13.5. The molecule has 1 saturated carbocycles. The molecule has 1 aliphatic rings. The van der Waals surface area contributed by atoms with Crippen LogP contribution in [0.15, 0.2) is 18.2 Å². The van der Waals surface area contributed by atoms with E-state index >= 15 is 0 Å². The molecule has 1 aromatic rings. The van der Waals surface area contributed by atoms with Crippen LogP contribution in [0.4, 0.5) is 4.39 Å². The first kappa shape index (κ1) is 11.8. The van der Waals surface area contributed by atoms with Gasteiger partial charge in [0, 0.05) is 18.7 Å². The number of hydrogen-bond acceptors (Lipinski definition) is 2. The Balaban J connectivity index is 1.87. The molecule has 0 aromatic heterocycles. The van der Waals surface area contributed by atoms with Crippen LogP contribution in [0.2, 0.25) is 5.02 Å². The van der Waals surface area contributed by atoms with Crippen LogP contribution in [0.1, 0.15) is 24.8 Å². The Kier molecular flexibility index (Phi) is 3.47. The average Bonchev–Trinajstić information content (AvgIpc) is 2.22. The second-order valence-electron chi connectivity index (χ2n) is 4.39. The van der Waals surface area contributed by atoms with Crippen LogP contribution in [0.25, 0.3) is 0 Å². The normalized spacial score (nSPS) is 18.2. The molecule has 88 valence electrons. The third-order valence-electron chi connectivity index (χ3n) is 3.09. The highest BCUT2D eigenvalue weighted by molar-refractivity contribution is 6.30. The lowest BCUT2D eigenvalue weighted by molar-refractivity contribution is -0.0315. The van der Waals surface area contributed by atoms with Crippen molar-refractivity contribution in [2.24, 2.45) is 0 Å². The van der Waals surface area contributed by atoms with E-state index in [1.807, 2.05) is 0 Å². The van der Waals surface area contributed by atoms with Crippen LogP contribution in [0, 0.1) is 5.82 Å². The van der Waals surface area contributed by atoms with E-state index in [2.05, 4.69) is 5.32 Å². The molecule has 0 aliphatic heterocycles. The first-order valence-electron chi connectivity index (χ1n) is 5.47. The molecule has 0 unspecified atom stereocenters. The van der Waals surface area contributed by atoms with Gasteiger partial charge < -0.3 is 10.4 Å². The molecule has 2 rings (SSSR count). The van der Waals surface area contributed by atoms with Gasteiger partial charge in [-0.3, -0.25) is 0 Å². The number of nitrogens with one attached hydrogen (secondary N) is 1. The van der Waals surface area contributed by atoms with Gasteiger partial charge in [-0.1, -0.05) is 23.7 Å². The summed E-state index contributed by atoms with van der Waals surface area (Å²) in [6.45, 7) is 0.910. The van der Waals surface area contributed by atoms with Gasteiger partial charge in [0.25, 0.3) is 0 Å². The van der Waals surface area contributed by atoms with Crippen LogP contribution in [-0.2, 0) is 6.54 Å². The topological polar surface area (TPSA) is 32.3 Å². The third kappa shape index (κ3) is 2.54. The Bertz CT molecular complexity index is 379. The zero-order valence-electron chi connectivity index (χ0n) is 8.97. The van der Waals surface area contributed by atoms with Crippen molar-refractivity contribution in [1.82, 2.24) is 5.32 Å². The molecule has 2 nitrogen and oxygen atoms in total. The van der Waals surface area contributed by atoms with Crippen molar-refractivity contribution in [3.05, 3.63) is 34.6 Å². The number of hydrogen-bond donors (Lipinski definition) is 2. The first-order chi connectivity index (χ1) is 7.61. The molecule has 1 fully saturated rings. The van der Waals surface area contributed by atoms with E-state index in [1.165, 1.54) is 6.07 Å². The Morgan fingerprint density at radius 2 is 2.19 bits per heavy atom. The van der Waals surface area contributed by atoms with Crippen molar-refractivity contribution in [3.8, 4) is 0 Å². The molecule has 0 heterocycles. The van der Waals surface area contributed by atoms with Gasteiger partial charge in [0.15, 0.2) is 0 Å². The van der Waals surface area contributed by atoms with Crippen molar-refractivity contribution in [2.75, 3.05) is 6.54 Å². The fourth-order valence-electron chi connectivity index (χ4n) is 1.88. The van der Waals surface area contributed by atoms with Crippen molar-refractivity contribution in [2.45, 2.75) is 31.4 Å². The Morgan fingerprint density at radius 1 is 1.44 bits per heavy atom. The van der Waals surface area contributed by atoms with E-state index in [0.717, 1.165) is 19.3 Å². The highest BCUT2D eigenvalue weighted by Crippen LogP contribution is 2.30. The minimum absolute atomic E-state index is 0.140. The van der Waals surface area contributed by atoms with E-state index in [9.17, 15) is 9.50 Å². The number of benzene rings is 1. The molecule has 2 N–H and O–H groups in total. The summed E-state index contributed by atoms with van der Waals surface area (Å²) in [6.07, 6.45) is 2.74. The monoisotopic (exact) mass is 243 g/mol. The summed E-state index contributed by atoms with van der Waals surface area (Å²) in [6, 6.07) is 4.94. The molecule has 1 aromatic carbocycles. The van der Waals surface area contributed by atoms with E-state index in [1.54, 1.807) is 12.1 Å². The molecule has 4 heteroatoms. The van der Waals surface area contributed by atoms with Crippen LogP contribution in [0.5, 0.6) is 0 Å². The summed E-state index contributed by atoms with van der Waals surface area (Å²) < 4.78 is 13.5. The van der Waals surface area contributed by atoms with Crippen LogP contribution in [-0.4, -0.2) is 17.3 Å². The Labute approximate surface area is 99.4 Å². The van der Waals surface area contributed by atoms with E-state index < -0.39 is 5.60 Å². The summed E-state index contributed by atoms with van der Waals surface area (Å²) in [5.41, 5.74) is -0.0369. The fraction of sp³-hybridized carbons (Fsp3) is 0.500. The van der Waals surface area contributed by atoms with Gasteiger partial charge in [-0.05, 0) is 25.3 Å². The van der Waals surface area contributed by atoms with Crippen molar-refractivity contribution in [3.63, 3.8) is 0 Å². The average molecular weight is 244 g/mol. The number of rotatable bonds is 4. The highest BCUT2D eigenvalue weighted by atomic mass is 35.5. The first-order valence-corrected chi connectivity index (χ1v) is 5.84. The summed E-state index contributed by atoms with van der Waals surface area (Å²) in [4.78, 5) is 0. The van der Waals surface area contributed by atoms with E-state index in [0.29, 0.717) is 18.7 Å². The van der Waals surface area contributed by atoms with Crippen molar-refractivity contribution >= 4 is 11.6 Å². The second-order valence-corrected chi connectivity index (χ2v) is 4.80. The lowest BCUT2D eigenvalue weighted by Gasteiger charge is -2.36. The Hall–Kier alpha value is -0.640. The summed E-state index contributed by atoms with van der Waals surface area (Å²) >= 11 is 5.67. The molecule has 0 amide bonds. The van der Waals surface area contributed by atoms with E-state index in [4.69, 9.17) is 11.6 Å². The van der Waals surface area contributed by atoms with Gasteiger partial charge in [0.05, 0.1) is 10.6 Å². The summed E-state index contributed by atoms with van der Waals surface area (Å²) in [5.74, 6) is -0.378. The lowest BCUT2D eigenvalue weighted by Crippen LogP contribution is -2.46. The molecule has 0 saturated heterocycles. The SMILES string of the molecule is OC1(CNCc2cccc(Cl)c2F)CCC1. The maximum Gasteiger partial charge on any atom is 0.146 e. The molecule has 0 radical (unpaired) electrons. The molecular formula is C12H15ClFNO. The third-order valence-corrected chi connectivity index (χ3v) is 3.38. The number of halogens is 2. The van der Waals surface area contributed by atoms with Crippen molar-refractivity contribution < 1.29 is 9.50 Å². The largest absolute Gasteiger partial charge is 0.389 e. The predicted molar refractivity (Wildman–Crippen MR) is 61.9 cm³/mol. The fourth-order valence-corrected chi connectivity index (χ4v) is 2.07. The molecular weight excluding hydrogens is 229 g/mol. The summed E-state index contributed by atoms with van der Waals surface area (Å²) in [7, 11) is 0. The Morgan fingerprint density at radius 3 is 2.81 bits per heavy atom. The van der Waals surface area contributed by atoms with Crippen LogP contribution >= 0.6 is 11.6 Å². The minimum Gasteiger partial charge on any atom is -0.389 e. The van der Waals surface area contributed by atoms with Crippen LogP contribution < -0.4 is 5.32 Å². The minimum atomic E-state index is -0.574. The predicted octanol–water partition coefficient (Wildman–Crippen LogP) is 2.48.